The van der Waals surface area contributed by atoms with E-state index in [1.807, 2.05) is 0 Å². The third-order valence-corrected chi connectivity index (χ3v) is 3.48. The highest BCUT2D eigenvalue weighted by atomic mass is 35.5. The minimum Gasteiger partial charge on any atom is -0.387 e. The molecule has 0 fully saturated rings. The smallest absolute Gasteiger partial charge is 0.224 e. The number of benzene rings is 2. The molecule has 2 N–H and O–H groups in total. The van der Waals surface area contributed by atoms with Gasteiger partial charge in [-0.3, -0.25) is 4.79 Å². The Balaban J connectivity index is 1.93. The van der Waals surface area contributed by atoms with E-state index < -0.39 is 23.6 Å². The maximum absolute atomic E-state index is 13.5. The fourth-order valence-corrected chi connectivity index (χ4v) is 2.25. The van der Waals surface area contributed by atoms with Crippen molar-refractivity contribution < 1.29 is 18.7 Å². The predicted molar refractivity (Wildman–Crippen MR) is 79.5 cm³/mol. The number of amides is 1. The molecule has 0 aliphatic rings. The van der Waals surface area contributed by atoms with Gasteiger partial charge in [-0.05, 0) is 12.1 Å². The number of rotatable bonds is 5. The minimum atomic E-state index is -1.04. The van der Waals surface area contributed by atoms with Crippen LogP contribution < -0.4 is 5.32 Å². The van der Waals surface area contributed by atoms with Crippen LogP contribution in [-0.2, 0) is 11.2 Å². The average molecular weight is 326 g/mol. The summed E-state index contributed by atoms with van der Waals surface area (Å²) in [6, 6.07) is 10.4. The molecule has 3 nitrogen and oxygen atoms in total. The second kappa shape index (κ2) is 7.33. The summed E-state index contributed by atoms with van der Waals surface area (Å²) < 4.78 is 26.5. The highest BCUT2D eigenvalue weighted by Gasteiger charge is 2.14. The van der Waals surface area contributed by atoms with Crippen molar-refractivity contribution in [2.45, 2.75) is 12.5 Å². The van der Waals surface area contributed by atoms with Crippen molar-refractivity contribution in [3.63, 3.8) is 0 Å². The molecule has 1 unspecified atom stereocenters. The van der Waals surface area contributed by atoms with Crippen molar-refractivity contribution in [1.29, 1.82) is 0 Å². The first-order chi connectivity index (χ1) is 10.5. The Bertz CT molecular complexity index is 679. The van der Waals surface area contributed by atoms with Crippen molar-refractivity contribution in [2.24, 2.45) is 0 Å². The number of carbonyl (C=O) groups is 1. The Labute approximate surface area is 131 Å². The normalized spacial score (nSPS) is 12.0. The van der Waals surface area contributed by atoms with Crippen LogP contribution in [0, 0.1) is 11.6 Å². The van der Waals surface area contributed by atoms with Crippen LogP contribution in [-0.4, -0.2) is 17.6 Å². The van der Waals surface area contributed by atoms with Crippen LogP contribution in [0.25, 0.3) is 0 Å². The van der Waals surface area contributed by atoms with Gasteiger partial charge in [0.15, 0.2) is 11.6 Å². The quantitative estimate of drug-likeness (QED) is 0.888. The second-order valence-corrected chi connectivity index (χ2v) is 5.14. The molecule has 0 saturated heterocycles. The summed E-state index contributed by atoms with van der Waals surface area (Å²) in [4.78, 5) is 11.8. The lowest BCUT2D eigenvalue weighted by molar-refractivity contribution is -0.120. The van der Waals surface area contributed by atoms with Gasteiger partial charge < -0.3 is 10.4 Å². The number of nitrogens with one attached hydrogen (secondary N) is 1. The summed E-state index contributed by atoms with van der Waals surface area (Å²) in [6.45, 7) is -0.0699. The van der Waals surface area contributed by atoms with E-state index in [1.54, 1.807) is 24.3 Å². The second-order valence-electron chi connectivity index (χ2n) is 4.73. The van der Waals surface area contributed by atoms with Gasteiger partial charge in [0.2, 0.25) is 5.91 Å². The highest BCUT2D eigenvalue weighted by Crippen LogP contribution is 2.21. The number of carbonyl (C=O) groups excluding carboxylic acids is 1. The molecule has 0 radical (unpaired) electrons. The first-order valence-corrected chi connectivity index (χ1v) is 6.99. The van der Waals surface area contributed by atoms with Gasteiger partial charge in [0.25, 0.3) is 0 Å². The summed E-state index contributed by atoms with van der Waals surface area (Å²) in [5.41, 5.74) is 0.450. The number of aliphatic hydroxyl groups excluding tert-OH is 1. The summed E-state index contributed by atoms with van der Waals surface area (Å²) in [6.07, 6.45) is -1.28. The largest absolute Gasteiger partial charge is 0.387 e. The fourth-order valence-electron chi connectivity index (χ4n) is 1.99. The van der Waals surface area contributed by atoms with Gasteiger partial charge in [-0.25, -0.2) is 8.78 Å². The van der Waals surface area contributed by atoms with Gasteiger partial charge >= 0.3 is 0 Å². The predicted octanol–water partition coefficient (Wildman–Crippen LogP) is 3.01. The van der Waals surface area contributed by atoms with E-state index in [1.165, 1.54) is 12.1 Å². The van der Waals surface area contributed by atoms with Gasteiger partial charge in [0.1, 0.15) is 0 Å². The monoisotopic (exact) mass is 325 g/mol. The molecule has 1 amide bonds. The fraction of sp³-hybridized carbons (Fsp3) is 0.188. The molecular formula is C16H14ClF2NO2. The Hall–Kier alpha value is -1.98. The summed E-state index contributed by atoms with van der Waals surface area (Å²) in [5.74, 6) is -2.55. The molecule has 1 atom stereocenters. The van der Waals surface area contributed by atoms with Crippen LogP contribution in [0.4, 0.5) is 8.78 Å². The summed E-state index contributed by atoms with van der Waals surface area (Å²) >= 11 is 5.94. The SMILES string of the molecule is O=C(Cc1cccc(F)c1F)NCC(O)c1ccccc1Cl. The van der Waals surface area contributed by atoms with Crippen LogP contribution in [0.1, 0.15) is 17.2 Å². The van der Waals surface area contributed by atoms with E-state index in [9.17, 15) is 18.7 Å². The lowest BCUT2D eigenvalue weighted by Gasteiger charge is -2.13. The number of aliphatic hydroxyl groups is 1. The van der Waals surface area contributed by atoms with Gasteiger partial charge in [-0.1, -0.05) is 41.9 Å². The van der Waals surface area contributed by atoms with E-state index in [0.717, 1.165) is 6.07 Å². The summed E-state index contributed by atoms with van der Waals surface area (Å²) in [5, 5.41) is 12.8. The molecule has 116 valence electrons. The lowest BCUT2D eigenvalue weighted by atomic mass is 10.1. The molecule has 6 heteroatoms. The Morgan fingerprint density at radius 1 is 1.18 bits per heavy atom. The Morgan fingerprint density at radius 3 is 2.64 bits per heavy atom. The standard InChI is InChI=1S/C16H14ClF2NO2/c17-12-6-2-1-5-11(12)14(21)9-20-15(22)8-10-4-3-7-13(18)16(10)19/h1-7,14,21H,8-9H2,(H,20,22). The van der Waals surface area contributed by atoms with Crippen molar-refractivity contribution >= 4 is 17.5 Å². The van der Waals surface area contributed by atoms with E-state index >= 15 is 0 Å². The molecule has 0 heterocycles. The molecule has 22 heavy (non-hydrogen) atoms. The van der Waals surface area contributed by atoms with E-state index in [4.69, 9.17) is 11.6 Å². The Morgan fingerprint density at radius 2 is 1.91 bits per heavy atom. The number of halogens is 3. The van der Waals surface area contributed by atoms with Gasteiger partial charge in [0, 0.05) is 22.7 Å². The van der Waals surface area contributed by atoms with Crippen molar-refractivity contribution in [2.75, 3.05) is 6.54 Å². The molecule has 0 aromatic heterocycles. The van der Waals surface area contributed by atoms with E-state index in [0.29, 0.717) is 10.6 Å². The zero-order valence-corrected chi connectivity index (χ0v) is 12.3. The number of hydrogen-bond acceptors (Lipinski definition) is 2. The lowest BCUT2D eigenvalue weighted by Crippen LogP contribution is -2.30. The topological polar surface area (TPSA) is 49.3 Å². The average Bonchev–Trinajstić information content (AvgIpc) is 2.50. The highest BCUT2D eigenvalue weighted by molar-refractivity contribution is 6.31. The van der Waals surface area contributed by atoms with Crippen molar-refractivity contribution in [3.8, 4) is 0 Å². The Kier molecular flexibility index (Phi) is 5.46. The third kappa shape index (κ3) is 4.02. The van der Waals surface area contributed by atoms with Crippen LogP contribution in [0.2, 0.25) is 5.02 Å². The van der Waals surface area contributed by atoms with Gasteiger partial charge in [0.05, 0.1) is 12.5 Å². The van der Waals surface area contributed by atoms with Crippen LogP contribution in [0.15, 0.2) is 42.5 Å². The third-order valence-electron chi connectivity index (χ3n) is 3.14. The molecule has 0 bridgehead atoms. The maximum Gasteiger partial charge on any atom is 0.224 e. The van der Waals surface area contributed by atoms with E-state index in [-0.39, 0.29) is 18.5 Å². The van der Waals surface area contributed by atoms with Crippen molar-refractivity contribution in [3.05, 3.63) is 70.2 Å². The molecule has 2 aromatic carbocycles. The van der Waals surface area contributed by atoms with E-state index in [2.05, 4.69) is 5.32 Å². The van der Waals surface area contributed by atoms with Crippen LogP contribution in [0.3, 0.4) is 0 Å². The first kappa shape index (κ1) is 16.4. The molecule has 0 aliphatic carbocycles. The van der Waals surface area contributed by atoms with Crippen LogP contribution >= 0.6 is 11.6 Å². The molecule has 2 rings (SSSR count). The molecular weight excluding hydrogens is 312 g/mol. The zero-order chi connectivity index (χ0) is 16.1. The molecule has 0 spiro atoms. The van der Waals surface area contributed by atoms with Gasteiger partial charge in [-0.2, -0.15) is 0 Å². The molecule has 2 aromatic rings. The first-order valence-electron chi connectivity index (χ1n) is 6.61. The van der Waals surface area contributed by atoms with Crippen LogP contribution in [0.5, 0.6) is 0 Å². The molecule has 0 saturated carbocycles. The molecule has 0 aliphatic heterocycles. The van der Waals surface area contributed by atoms with Gasteiger partial charge in [-0.15, -0.1) is 0 Å². The zero-order valence-electron chi connectivity index (χ0n) is 11.5. The summed E-state index contributed by atoms with van der Waals surface area (Å²) in [7, 11) is 0. The number of hydrogen-bond donors (Lipinski definition) is 2. The van der Waals surface area contributed by atoms with Crippen molar-refractivity contribution in [1.82, 2.24) is 5.32 Å². The maximum atomic E-state index is 13.5. The minimum absolute atomic E-state index is 0.0373.